The van der Waals surface area contributed by atoms with Crippen molar-refractivity contribution in [1.82, 2.24) is 9.97 Å². The van der Waals surface area contributed by atoms with Crippen molar-refractivity contribution in [3.63, 3.8) is 0 Å². The first-order valence-electron chi connectivity index (χ1n) is 4.92. The van der Waals surface area contributed by atoms with Crippen LogP contribution in [0.1, 0.15) is 26.2 Å². The van der Waals surface area contributed by atoms with Gasteiger partial charge < -0.3 is 4.90 Å². The van der Waals surface area contributed by atoms with E-state index in [4.69, 9.17) is 0 Å². The molecule has 0 saturated carbocycles. The third kappa shape index (κ3) is 3.62. The number of unbranched alkanes of at least 4 members (excludes halogenated alkanes) is 2. The van der Waals surface area contributed by atoms with Gasteiger partial charge in [-0.25, -0.2) is 9.97 Å². The molecule has 0 unspecified atom stereocenters. The summed E-state index contributed by atoms with van der Waals surface area (Å²) >= 11 is 3.31. The van der Waals surface area contributed by atoms with Crippen LogP contribution < -0.4 is 4.90 Å². The molecule has 0 saturated heterocycles. The molecule has 0 atom stereocenters. The van der Waals surface area contributed by atoms with E-state index in [1.807, 2.05) is 7.05 Å². The topological polar surface area (TPSA) is 29.0 Å². The second kappa shape index (κ2) is 5.96. The summed E-state index contributed by atoms with van der Waals surface area (Å²) in [5.74, 6) is 0.796. The Morgan fingerprint density at radius 3 is 2.50 bits per heavy atom. The lowest BCUT2D eigenvalue weighted by Crippen LogP contribution is -2.20. The van der Waals surface area contributed by atoms with E-state index in [1.54, 1.807) is 12.4 Å². The Balaban J connectivity index is 2.43. The van der Waals surface area contributed by atoms with Crippen molar-refractivity contribution in [2.24, 2.45) is 0 Å². The third-order valence-corrected chi connectivity index (χ3v) is 2.45. The van der Waals surface area contributed by atoms with E-state index >= 15 is 0 Å². The first kappa shape index (κ1) is 11.4. The minimum absolute atomic E-state index is 0.796. The van der Waals surface area contributed by atoms with E-state index in [-0.39, 0.29) is 0 Å². The average molecular weight is 258 g/mol. The van der Waals surface area contributed by atoms with Crippen LogP contribution >= 0.6 is 15.9 Å². The fraction of sp³-hybridized carbons (Fsp3) is 0.600. The number of halogens is 1. The number of rotatable bonds is 5. The van der Waals surface area contributed by atoms with Crippen molar-refractivity contribution in [2.45, 2.75) is 26.2 Å². The zero-order valence-corrected chi connectivity index (χ0v) is 10.3. The minimum Gasteiger partial charge on any atom is -0.344 e. The first-order valence-corrected chi connectivity index (χ1v) is 5.72. The molecule has 0 aliphatic carbocycles. The fourth-order valence-corrected chi connectivity index (χ4v) is 1.41. The number of hydrogen-bond acceptors (Lipinski definition) is 3. The van der Waals surface area contributed by atoms with Gasteiger partial charge in [0.1, 0.15) is 0 Å². The number of nitrogens with zero attached hydrogens (tertiary/aromatic N) is 3. The normalized spacial score (nSPS) is 10.2. The third-order valence-electron chi connectivity index (χ3n) is 2.05. The number of hydrogen-bond donors (Lipinski definition) is 0. The van der Waals surface area contributed by atoms with Crippen molar-refractivity contribution >= 4 is 21.9 Å². The summed E-state index contributed by atoms with van der Waals surface area (Å²) in [6.45, 7) is 3.23. The van der Waals surface area contributed by atoms with Crippen LogP contribution in [0.5, 0.6) is 0 Å². The molecule has 14 heavy (non-hydrogen) atoms. The molecule has 0 aliphatic rings. The van der Waals surface area contributed by atoms with Gasteiger partial charge in [-0.15, -0.1) is 0 Å². The lowest BCUT2D eigenvalue weighted by molar-refractivity contribution is 0.696. The molecule has 1 heterocycles. The Labute approximate surface area is 93.7 Å². The molecule has 0 spiro atoms. The van der Waals surface area contributed by atoms with Gasteiger partial charge in [0.15, 0.2) is 0 Å². The van der Waals surface area contributed by atoms with Crippen LogP contribution in [-0.2, 0) is 0 Å². The highest BCUT2D eigenvalue weighted by Gasteiger charge is 2.02. The van der Waals surface area contributed by atoms with E-state index in [9.17, 15) is 0 Å². The maximum Gasteiger partial charge on any atom is 0.225 e. The lowest BCUT2D eigenvalue weighted by atomic mass is 10.2. The molecule has 0 fully saturated rings. The van der Waals surface area contributed by atoms with Crippen LogP contribution in [0.15, 0.2) is 16.9 Å². The highest BCUT2D eigenvalue weighted by Crippen LogP contribution is 2.10. The monoisotopic (exact) mass is 257 g/mol. The van der Waals surface area contributed by atoms with E-state index in [0.717, 1.165) is 17.0 Å². The van der Waals surface area contributed by atoms with Gasteiger partial charge >= 0.3 is 0 Å². The molecule has 0 aliphatic heterocycles. The van der Waals surface area contributed by atoms with Gasteiger partial charge in [0.25, 0.3) is 0 Å². The van der Waals surface area contributed by atoms with Crippen molar-refractivity contribution in [1.29, 1.82) is 0 Å². The Bertz CT molecular complexity index is 261. The molecule has 0 N–H and O–H groups in total. The molecule has 1 rings (SSSR count). The molecule has 3 nitrogen and oxygen atoms in total. The van der Waals surface area contributed by atoms with Crippen LogP contribution in [0, 0.1) is 0 Å². The van der Waals surface area contributed by atoms with Gasteiger partial charge in [0.2, 0.25) is 5.95 Å². The summed E-state index contributed by atoms with van der Waals surface area (Å²) in [5, 5.41) is 0. The molecule has 78 valence electrons. The Morgan fingerprint density at radius 2 is 1.93 bits per heavy atom. The van der Waals surface area contributed by atoms with E-state index < -0.39 is 0 Å². The van der Waals surface area contributed by atoms with Crippen LogP contribution in [0.2, 0.25) is 0 Å². The van der Waals surface area contributed by atoms with Crippen LogP contribution in [0.25, 0.3) is 0 Å². The van der Waals surface area contributed by atoms with E-state index in [1.165, 1.54) is 19.3 Å². The van der Waals surface area contributed by atoms with Crippen LogP contribution in [-0.4, -0.2) is 23.6 Å². The zero-order chi connectivity index (χ0) is 10.4. The lowest BCUT2D eigenvalue weighted by Gasteiger charge is -2.16. The van der Waals surface area contributed by atoms with Crippen LogP contribution in [0.3, 0.4) is 0 Å². The largest absolute Gasteiger partial charge is 0.344 e. The van der Waals surface area contributed by atoms with Crippen molar-refractivity contribution in [3.05, 3.63) is 16.9 Å². The van der Waals surface area contributed by atoms with Gasteiger partial charge in [-0.3, -0.25) is 0 Å². The molecule has 0 bridgehead atoms. The maximum atomic E-state index is 4.22. The summed E-state index contributed by atoms with van der Waals surface area (Å²) in [5.41, 5.74) is 0. The Hall–Kier alpha value is -0.640. The maximum absolute atomic E-state index is 4.22. The molecular formula is C10H16BrN3. The van der Waals surface area contributed by atoms with Gasteiger partial charge in [0.05, 0.1) is 4.47 Å². The zero-order valence-electron chi connectivity index (χ0n) is 8.70. The van der Waals surface area contributed by atoms with Crippen molar-refractivity contribution in [3.8, 4) is 0 Å². The van der Waals surface area contributed by atoms with Gasteiger partial charge in [-0.2, -0.15) is 0 Å². The van der Waals surface area contributed by atoms with Crippen molar-refractivity contribution < 1.29 is 0 Å². The van der Waals surface area contributed by atoms with E-state index in [0.29, 0.717) is 0 Å². The van der Waals surface area contributed by atoms with Crippen LogP contribution in [0.4, 0.5) is 5.95 Å². The van der Waals surface area contributed by atoms with Gasteiger partial charge in [-0.05, 0) is 22.4 Å². The molecule has 0 aromatic carbocycles. The molecule has 1 aromatic heterocycles. The summed E-state index contributed by atoms with van der Waals surface area (Å²) < 4.78 is 0.920. The van der Waals surface area contributed by atoms with Crippen molar-refractivity contribution in [2.75, 3.05) is 18.5 Å². The second-order valence-corrected chi connectivity index (χ2v) is 4.25. The molecule has 0 radical (unpaired) electrons. The minimum atomic E-state index is 0.796. The smallest absolute Gasteiger partial charge is 0.225 e. The number of anilines is 1. The SMILES string of the molecule is CCCCCN(C)c1ncc(Br)cn1. The van der Waals surface area contributed by atoms with Gasteiger partial charge in [-0.1, -0.05) is 19.8 Å². The molecule has 4 heteroatoms. The molecular weight excluding hydrogens is 242 g/mol. The predicted molar refractivity (Wildman–Crippen MR) is 62.5 cm³/mol. The highest BCUT2D eigenvalue weighted by atomic mass is 79.9. The molecule has 1 aromatic rings. The fourth-order valence-electron chi connectivity index (χ4n) is 1.20. The Morgan fingerprint density at radius 1 is 1.29 bits per heavy atom. The van der Waals surface area contributed by atoms with Gasteiger partial charge in [0, 0.05) is 26.0 Å². The quantitative estimate of drug-likeness (QED) is 0.760. The highest BCUT2D eigenvalue weighted by molar-refractivity contribution is 9.10. The second-order valence-electron chi connectivity index (χ2n) is 3.33. The summed E-state index contributed by atoms with van der Waals surface area (Å²) in [4.78, 5) is 10.5. The predicted octanol–water partition coefficient (Wildman–Crippen LogP) is 2.87. The number of aromatic nitrogens is 2. The summed E-state index contributed by atoms with van der Waals surface area (Å²) in [6.07, 6.45) is 7.26. The average Bonchev–Trinajstić information content (AvgIpc) is 2.19. The Kier molecular flexibility index (Phi) is 4.87. The first-order chi connectivity index (χ1) is 6.74. The summed E-state index contributed by atoms with van der Waals surface area (Å²) in [7, 11) is 2.03. The summed E-state index contributed by atoms with van der Waals surface area (Å²) in [6, 6.07) is 0. The molecule has 0 amide bonds. The standard InChI is InChI=1S/C10H16BrN3/c1-3-4-5-6-14(2)10-12-7-9(11)8-13-10/h7-8H,3-6H2,1-2H3. The van der Waals surface area contributed by atoms with E-state index in [2.05, 4.69) is 37.7 Å².